The minimum Gasteiger partial charge on any atom is -0.365 e. The van der Waals surface area contributed by atoms with E-state index in [2.05, 4.69) is 51.9 Å². The molecule has 2 aromatic carbocycles. The average Bonchev–Trinajstić information content (AvgIpc) is 3.35. The number of aryl methyl sites for hydroxylation is 2. The van der Waals surface area contributed by atoms with E-state index >= 15 is 0 Å². The van der Waals surface area contributed by atoms with Crippen LogP contribution in [0.3, 0.4) is 0 Å². The summed E-state index contributed by atoms with van der Waals surface area (Å²) in [7, 11) is 0. The second-order valence-electron chi connectivity index (χ2n) is 8.89. The number of piperidine rings is 1. The van der Waals surface area contributed by atoms with Crippen LogP contribution in [0, 0.1) is 13.8 Å². The van der Waals surface area contributed by atoms with Gasteiger partial charge in [-0.2, -0.15) is 5.10 Å². The normalized spacial score (nSPS) is 18.0. The highest BCUT2D eigenvalue weighted by Gasteiger charge is 2.43. The molecule has 2 aliphatic heterocycles. The van der Waals surface area contributed by atoms with Gasteiger partial charge < -0.3 is 9.64 Å². The van der Waals surface area contributed by atoms with E-state index in [0.717, 1.165) is 35.4 Å². The summed E-state index contributed by atoms with van der Waals surface area (Å²) in [5.74, 6) is 0.130. The van der Waals surface area contributed by atoms with Crippen LogP contribution in [0.15, 0.2) is 54.6 Å². The maximum absolute atomic E-state index is 13.1. The summed E-state index contributed by atoms with van der Waals surface area (Å²) in [6, 6.07) is 18.6. The number of nitrogens with zero attached hydrogens (tertiary/aromatic N) is 2. The molecule has 1 unspecified atom stereocenters. The van der Waals surface area contributed by atoms with Gasteiger partial charge in [-0.1, -0.05) is 54.6 Å². The number of nitrogens with one attached hydrogen (secondary N) is 2. The molecule has 5 rings (SSSR count). The third-order valence-electron chi connectivity index (χ3n) is 7.00. The third-order valence-corrected chi connectivity index (χ3v) is 7.00. The molecule has 1 atom stereocenters. The van der Waals surface area contributed by atoms with Gasteiger partial charge in [0.25, 0.3) is 0 Å². The van der Waals surface area contributed by atoms with Gasteiger partial charge in [-0.05, 0) is 43.4 Å². The number of aromatic nitrogens is 2. The largest absolute Gasteiger partial charge is 0.365 e. The molecular weight excluding hydrogens is 400 g/mol. The molecule has 1 aromatic heterocycles. The van der Waals surface area contributed by atoms with E-state index in [1.807, 2.05) is 36.9 Å². The molecule has 2 N–H and O–H groups in total. The number of fused-ring (bicyclic) bond motifs is 2. The fourth-order valence-electron chi connectivity index (χ4n) is 5.23. The number of hydrogen-bond donors (Lipinski definition) is 2. The maximum atomic E-state index is 13.1. The van der Waals surface area contributed by atoms with Crippen LogP contribution in [0.1, 0.15) is 52.5 Å². The van der Waals surface area contributed by atoms with E-state index in [9.17, 15) is 4.79 Å². The average molecular weight is 431 g/mol. The van der Waals surface area contributed by atoms with Crippen molar-refractivity contribution in [3.63, 3.8) is 0 Å². The molecule has 1 saturated heterocycles. The van der Waals surface area contributed by atoms with E-state index < -0.39 is 0 Å². The Hall–Kier alpha value is -2.96. The first-order valence-electron chi connectivity index (χ1n) is 11.4. The molecule has 1 spiro atoms. The Morgan fingerprint density at radius 1 is 1.12 bits per heavy atom. The van der Waals surface area contributed by atoms with Crippen LogP contribution >= 0.6 is 0 Å². The molecule has 1 fully saturated rings. The van der Waals surface area contributed by atoms with Gasteiger partial charge in [0, 0.05) is 24.3 Å². The van der Waals surface area contributed by atoms with Gasteiger partial charge in [-0.3, -0.25) is 15.2 Å². The Morgan fingerprint density at radius 2 is 1.84 bits per heavy atom. The highest BCUT2D eigenvalue weighted by molar-refractivity contribution is 5.78. The SMILES string of the molecule is Cc1n[nH]c(C)c1C(NCC(=O)N1CCC2(CC1)OCc1ccccc12)c1ccccc1. The van der Waals surface area contributed by atoms with Gasteiger partial charge in [-0.25, -0.2) is 0 Å². The lowest BCUT2D eigenvalue weighted by molar-refractivity contribution is -0.137. The van der Waals surface area contributed by atoms with Crippen molar-refractivity contribution < 1.29 is 9.53 Å². The number of carbonyl (C=O) groups excluding carboxylic acids is 1. The van der Waals surface area contributed by atoms with E-state index in [-0.39, 0.29) is 24.1 Å². The number of rotatable bonds is 5. The summed E-state index contributed by atoms with van der Waals surface area (Å²) in [6.45, 7) is 6.42. The van der Waals surface area contributed by atoms with Crippen molar-refractivity contribution in [1.82, 2.24) is 20.4 Å². The number of likely N-dealkylation sites (tertiary alicyclic amines) is 1. The monoisotopic (exact) mass is 430 g/mol. The molecule has 0 radical (unpaired) electrons. The van der Waals surface area contributed by atoms with Crippen molar-refractivity contribution >= 4 is 5.91 Å². The van der Waals surface area contributed by atoms with Gasteiger partial charge in [0.1, 0.15) is 0 Å². The molecule has 3 aromatic rings. The first-order valence-corrected chi connectivity index (χ1v) is 11.4. The van der Waals surface area contributed by atoms with Crippen molar-refractivity contribution in [3.05, 3.63) is 88.2 Å². The fraction of sp³-hybridized carbons (Fsp3) is 0.385. The summed E-state index contributed by atoms with van der Waals surface area (Å²) in [5, 5.41) is 11.0. The summed E-state index contributed by atoms with van der Waals surface area (Å²) >= 11 is 0. The number of benzene rings is 2. The second-order valence-corrected chi connectivity index (χ2v) is 8.89. The van der Waals surface area contributed by atoms with Crippen LogP contribution < -0.4 is 5.32 Å². The van der Waals surface area contributed by atoms with Gasteiger partial charge in [0.15, 0.2) is 0 Å². The molecule has 32 heavy (non-hydrogen) atoms. The molecule has 2 aliphatic rings. The van der Waals surface area contributed by atoms with Gasteiger partial charge in [0.2, 0.25) is 5.91 Å². The molecule has 3 heterocycles. The Morgan fingerprint density at radius 3 is 2.56 bits per heavy atom. The molecule has 6 heteroatoms. The van der Waals surface area contributed by atoms with Gasteiger partial charge in [-0.15, -0.1) is 0 Å². The van der Waals surface area contributed by atoms with Crippen molar-refractivity contribution in [2.45, 2.75) is 44.9 Å². The van der Waals surface area contributed by atoms with Crippen molar-refractivity contribution in [2.75, 3.05) is 19.6 Å². The van der Waals surface area contributed by atoms with Crippen LogP contribution in [0.2, 0.25) is 0 Å². The van der Waals surface area contributed by atoms with E-state index in [1.165, 1.54) is 11.1 Å². The van der Waals surface area contributed by atoms with Crippen LogP contribution in [0.5, 0.6) is 0 Å². The topological polar surface area (TPSA) is 70.2 Å². The van der Waals surface area contributed by atoms with E-state index in [0.29, 0.717) is 19.7 Å². The third kappa shape index (κ3) is 3.74. The van der Waals surface area contributed by atoms with E-state index in [1.54, 1.807) is 0 Å². The first-order chi connectivity index (χ1) is 15.6. The Labute approximate surface area is 189 Å². The smallest absolute Gasteiger partial charge is 0.236 e. The van der Waals surface area contributed by atoms with Gasteiger partial charge >= 0.3 is 0 Å². The van der Waals surface area contributed by atoms with Crippen LogP contribution in [0.25, 0.3) is 0 Å². The second kappa shape index (κ2) is 8.52. The number of ether oxygens (including phenoxy) is 1. The molecule has 1 amide bonds. The van der Waals surface area contributed by atoms with Crippen molar-refractivity contribution in [2.24, 2.45) is 0 Å². The minimum atomic E-state index is -0.224. The summed E-state index contributed by atoms with van der Waals surface area (Å²) in [4.78, 5) is 15.1. The molecule has 166 valence electrons. The van der Waals surface area contributed by atoms with Crippen molar-refractivity contribution in [3.8, 4) is 0 Å². The number of amides is 1. The molecule has 6 nitrogen and oxygen atoms in total. The highest BCUT2D eigenvalue weighted by atomic mass is 16.5. The lowest BCUT2D eigenvalue weighted by atomic mass is 9.84. The zero-order valence-electron chi connectivity index (χ0n) is 18.7. The Balaban J connectivity index is 1.26. The summed E-state index contributed by atoms with van der Waals surface area (Å²) < 4.78 is 6.25. The fourth-order valence-corrected chi connectivity index (χ4v) is 5.23. The Kier molecular flexibility index (Phi) is 5.57. The predicted octanol–water partition coefficient (Wildman–Crippen LogP) is 3.75. The van der Waals surface area contributed by atoms with Crippen LogP contribution in [0.4, 0.5) is 0 Å². The van der Waals surface area contributed by atoms with Crippen molar-refractivity contribution in [1.29, 1.82) is 0 Å². The zero-order chi connectivity index (χ0) is 22.1. The molecule has 0 saturated carbocycles. The Bertz CT molecular complexity index is 1080. The number of carbonyl (C=O) groups is 1. The molecular formula is C26H30N4O2. The lowest BCUT2D eigenvalue weighted by Gasteiger charge is -2.39. The number of aromatic amines is 1. The molecule has 0 aliphatic carbocycles. The van der Waals surface area contributed by atoms with Gasteiger partial charge in [0.05, 0.1) is 30.5 Å². The zero-order valence-corrected chi connectivity index (χ0v) is 18.7. The molecule has 0 bridgehead atoms. The lowest BCUT2D eigenvalue weighted by Crippen LogP contribution is -2.48. The standard InChI is InChI=1S/C26H30N4O2/c1-18-24(19(2)29-28-18)25(20-8-4-3-5-9-20)27-16-23(31)30-14-12-26(13-15-30)22-11-7-6-10-21(22)17-32-26/h3-11,25,27H,12-17H2,1-2H3,(H,28,29). The maximum Gasteiger partial charge on any atom is 0.236 e. The minimum absolute atomic E-state index is 0.0833. The quantitative estimate of drug-likeness (QED) is 0.647. The highest BCUT2D eigenvalue weighted by Crippen LogP contribution is 2.43. The first kappa shape index (κ1) is 20.9. The van der Waals surface area contributed by atoms with E-state index in [4.69, 9.17) is 4.74 Å². The number of hydrogen-bond acceptors (Lipinski definition) is 4. The predicted molar refractivity (Wildman–Crippen MR) is 123 cm³/mol. The summed E-state index contributed by atoms with van der Waals surface area (Å²) in [6.07, 6.45) is 1.69. The number of H-pyrrole nitrogens is 1. The van der Waals surface area contributed by atoms with Crippen LogP contribution in [-0.4, -0.2) is 40.6 Å². The van der Waals surface area contributed by atoms with Crippen LogP contribution in [-0.2, 0) is 21.7 Å². The summed E-state index contributed by atoms with van der Waals surface area (Å²) in [5.41, 5.74) is 6.57.